The number of amides is 2. The first-order valence-electron chi connectivity index (χ1n) is 12.1. The zero-order valence-electron chi connectivity index (χ0n) is 20.4. The number of rotatable bonds is 5. The van der Waals surface area contributed by atoms with E-state index in [1.807, 2.05) is 29.2 Å². The predicted molar refractivity (Wildman–Crippen MR) is 133 cm³/mol. The predicted octanol–water partition coefficient (Wildman–Crippen LogP) is 3.31. The molecule has 0 aromatic heterocycles. The minimum atomic E-state index is -3.77. The fourth-order valence-corrected chi connectivity index (χ4v) is 6.34. The number of likely N-dealkylation sites (tertiary alicyclic amines) is 1. The van der Waals surface area contributed by atoms with E-state index >= 15 is 0 Å². The van der Waals surface area contributed by atoms with E-state index in [2.05, 4.69) is 0 Å². The van der Waals surface area contributed by atoms with E-state index in [1.165, 1.54) is 23.4 Å². The fourth-order valence-electron chi connectivity index (χ4n) is 4.87. The molecule has 2 aliphatic heterocycles. The Balaban J connectivity index is 1.57. The van der Waals surface area contributed by atoms with Crippen molar-refractivity contribution >= 4 is 21.8 Å². The van der Waals surface area contributed by atoms with Crippen LogP contribution in [-0.4, -0.2) is 74.2 Å². The molecule has 0 saturated carbocycles. The summed E-state index contributed by atoms with van der Waals surface area (Å²) >= 11 is 0. The number of hydrogen-bond donors (Lipinski definition) is 0. The van der Waals surface area contributed by atoms with Crippen molar-refractivity contribution < 1.29 is 22.7 Å². The quantitative estimate of drug-likeness (QED) is 0.630. The van der Waals surface area contributed by atoms with Crippen molar-refractivity contribution in [3.05, 3.63) is 59.7 Å². The summed E-state index contributed by atoms with van der Waals surface area (Å²) in [5.74, 6) is 0.548. The second-order valence-corrected chi connectivity index (χ2v) is 11.0. The molecule has 2 aromatic carbocycles. The highest BCUT2D eigenvalue weighted by Gasteiger charge is 2.31. The van der Waals surface area contributed by atoms with Gasteiger partial charge in [0.05, 0.1) is 18.0 Å². The summed E-state index contributed by atoms with van der Waals surface area (Å²) in [7, 11) is -2.14. The summed E-state index contributed by atoms with van der Waals surface area (Å²) in [5.41, 5.74) is 1.42. The summed E-state index contributed by atoms with van der Waals surface area (Å²) in [5, 5.41) is 0. The third kappa shape index (κ3) is 5.51. The molecule has 188 valence electrons. The van der Waals surface area contributed by atoms with Gasteiger partial charge in [-0.3, -0.25) is 9.59 Å². The van der Waals surface area contributed by atoms with Gasteiger partial charge in [-0.05, 0) is 48.7 Å². The normalized spacial score (nSPS) is 19.8. The van der Waals surface area contributed by atoms with E-state index in [4.69, 9.17) is 4.74 Å². The first-order valence-corrected chi connectivity index (χ1v) is 13.6. The molecule has 9 heteroatoms. The van der Waals surface area contributed by atoms with Gasteiger partial charge in [-0.25, -0.2) is 8.42 Å². The smallest absolute Gasteiger partial charge is 0.254 e. The van der Waals surface area contributed by atoms with Crippen molar-refractivity contribution in [3.63, 3.8) is 0 Å². The summed E-state index contributed by atoms with van der Waals surface area (Å²) in [4.78, 5) is 28.9. The lowest BCUT2D eigenvalue weighted by molar-refractivity contribution is -0.129. The number of carbonyl (C=O) groups is 2. The van der Waals surface area contributed by atoms with Crippen molar-refractivity contribution in [2.45, 2.75) is 43.5 Å². The molecular formula is C26H33N3O5S. The number of hydrogen-bond acceptors (Lipinski definition) is 5. The monoisotopic (exact) mass is 499 g/mol. The maximum absolute atomic E-state index is 13.7. The van der Waals surface area contributed by atoms with Gasteiger partial charge in [0.1, 0.15) is 5.75 Å². The average molecular weight is 500 g/mol. The largest absolute Gasteiger partial charge is 0.497 e. The molecular weight excluding hydrogens is 466 g/mol. The van der Waals surface area contributed by atoms with Crippen molar-refractivity contribution in [1.29, 1.82) is 0 Å². The van der Waals surface area contributed by atoms with Crippen LogP contribution in [0.4, 0.5) is 0 Å². The molecule has 1 atom stereocenters. The van der Waals surface area contributed by atoms with Crippen molar-refractivity contribution in [1.82, 2.24) is 14.1 Å². The van der Waals surface area contributed by atoms with Crippen molar-refractivity contribution in [3.8, 4) is 5.75 Å². The second-order valence-electron chi connectivity index (χ2n) is 9.07. The molecule has 2 saturated heterocycles. The van der Waals surface area contributed by atoms with Crippen LogP contribution in [0.5, 0.6) is 5.75 Å². The standard InChI is InChI=1S/C26H33N3O5S/c1-20(30)27-15-17-28(18-16-27)35(32,33)24-8-6-7-22(19-24)26(31)29-14-5-3-4-9-25(29)21-10-12-23(34-2)13-11-21/h6-8,10-13,19,25H,3-5,9,14-18H2,1-2H3/t25-/m1/s1. The Kier molecular flexibility index (Phi) is 7.76. The van der Waals surface area contributed by atoms with Crippen LogP contribution in [-0.2, 0) is 14.8 Å². The number of piperazine rings is 1. The molecule has 0 unspecified atom stereocenters. The first kappa shape index (κ1) is 25.2. The molecule has 2 fully saturated rings. The topological polar surface area (TPSA) is 87.2 Å². The molecule has 2 heterocycles. The Hall–Kier alpha value is -2.91. The number of carbonyl (C=O) groups excluding carboxylic acids is 2. The van der Waals surface area contributed by atoms with Crippen LogP contribution in [0.25, 0.3) is 0 Å². The van der Waals surface area contributed by atoms with Crippen LogP contribution in [0.3, 0.4) is 0 Å². The van der Waals surface area contributed by atoms with Crippen molar-refractivity contribution in [2.24, 2.45) is 0 Å². The highest BCUT2D eigenvalue weighted by atomic mass is 32.2. The molecule has 0 radical (unpaired) electrons. The fraction of sp³-hybridized carbons (Fsp3) is 0.462. The van der Waals surface area contributed by atoms with E-state index in [0.29, 0.717) is 25.2 Å². The molecule has 2 amide bonds. The molecule has 35 heavy (non-hydrogen) atoms. The van der Waals surface area contributed by atoms with Gasteiger partial charge < -0.3 is 14.5 Å². The number of ether oxygens (including phenoxy) is 1. The zero-order chi connectivity index (χ0) is 25.0. The van der Waals surface area contributed by atoms with Gasteiger partial charge in [0.25, 0.3) is 5.91 Å². The Morgan fingerprint density at radius 1 is 0.914 bits per heavy atom. The molecule has 8 nitrogen and oxygen atoms in total. The summed E-state index contributed by atoms with van der Waals surface area (Å²) in [6, 6.07) is 14.1. The number of sulfonamides is 1. The Morgan fingerprint density at radius 3 is 2.29 bits per heavy atom. The zero-order valence-corrected chi connectivity index (χ0v) is 21.2. The molecule has 2 aliphatic rings. The number of methoxy groups -OCH3 is 1. The van der Waals surface area contributed by atoms with Gasteiger partial charge in [-0.1, -0.05) is 31.0 Å². The van der Waals surface area contributed by atoms with Gasteiger partial charge in [0.15, 0.2) is 0 Å². The highest BCUT2D eigenvalue weighted by Crippen LogP contribution is 2.32. The van der Waals surface area contributed by atoms with Crippen LogP contribution < -0.4 is 4.74 Å². The minimum Gasteiger partial charge on any atom is -0.497 e. The average Bonchev–Trinajstić information content (AvgIpc) is 3.14. The summed E-state index contributed by atoms with van der Waals surface area (Å²) in [6.07, 6.45) is 3.85. The van der Waals surface area contributed by atoms with Gasteiger partial charge in [-0.15, -0.1) is 0 Å². The van der Waals surface area contributed by atoms with Crippen LogP contribution in [0.1, 0.15) is 54.6 Å². The van der Waals surface area contributed by atoms with E-state index in [-0.39, 0.29) is 35.8 Å². The molecule has 0 bridgehead atoms. The van der Waals surface area contributed by atoms with Crippen LogP contribution in [0, 0.1) is 0 Å². The summed E-state index contributed by atoms with van der Waals surface area (Å²) in [6.45, 7) is 3.33. The third-order valence-corrected chi connectivity index (χ3v) is 8.81. The number of benzene rings is 2. The Labute approximate surface area is 207 Å². The maximum Gasteiger partial charge on any atom is 0.254 e. The first-order chi connectivity index (χ1) is 16.8. The Morgan fingerprint density at radius 2 is 1.63 bits per heavy atom. The number of nitrogens with zero attached hydrogens (tertiary/aromatic N) is 3. The molecule has 0 spiro atoms. The SMILES string of the molecule is COc1ccc([C@H]2CCCCCN2C(=O)c2cccc(S(=O)(=O)N3CCN(C(C)=O)CC3)c2)cc1. The Bertz CT molecular complexity index is 1160. The van der Waals surface area contributed by atoms with Crippen LogP contribution in [0.2, 0.25) is 0 Å². The van der Waals surface area contributed by atoms with Gasteiger partial charge >= 0.3 is 0 Å². The summed E-state index contributed by atoms with van der Waals surface area (Å²) < 4.78 is 33.3. The third-order valence-electron chi connectivity index (χ3n) is 6.92. The lowest BCUT2D eigenvalue weighted by Crippen LogP contribution is -2.49. The minimum absolute atomic E-state index is 0.0569. The van der Waals surface area contributed by atoms with E-state index in [0.717, 1.165) is 37.0 Å². The van der Waals surface area contributed by atoms with Crippen LogP contribution >= 0.6 is 0 Å². The highest BCUT2D eigenvalue weighted by molar-refractivity contribution is 7.89. The lowest BCUT2D eigenvalue weighted by Gasteiger charge is -2.33. The molecule has 0 N–H and O–H groups in total. The molecule has 0 aliphatic carbocycles. The van der Waals surface area contributed by atoms with E-state index in [1.54, 1.807) is 24.1 Å². The lowest BCUT2D eigenvalue weighted by atomic mass is 10.00. The second kappa shape index (κ2) is 10.8. The van der Waals surface area contributed by atoms with Gasteiger partial charge in [0.2, 0.25) is 15.9 Å². The molecule has 4 rings (SSSR count). The van der Waals surface area contributed by atoms with Crippen LogP contribution in [0.15, 0.2) is 53.4 Å². The van der Waals surface area contributed by atoms with Gasteiger partial charge in [-0.2, -0.15) is 4.31 Å². The van der Waals surface area contributed by atoms with E-state index in [9.17, 15) is 18.0 Å². The molecule has 2 aromatic rings. The van der Waals surface area contributed by atoms with E-state index < -0.39 is 10.0 Å². The maximum atomic E-state index is 13.7. The van der Waals surface area contributed by atoms with Gasteiger partial charge in [0, 0.05) is 45.2 Å². The van der Waals surface area contributed by atoms with Crippen molar-refractivity contribution in [2.75, 3.05) is 39.8 Å².